The Morgan fingerprint density at radius 2 is 1.52 bits per heavy atom. The molecule has 3 rings (SSSR count). The molecule has 0 bridgehead atoms. The van der Waals surface area contributed by atoms with E-state index in [4.69, 9.17) is 9.47 Å². The highest BCUT2D eigenvalue weighted by Crippen LogP contribution is 2.24. The summed E-state index contributed by atoms with van der Waals surface area (Å²) in [7, 11) is 1.57. The third-order valence-corrected chi connectivity index (χ3v) is 4.72. The maximum Gasteiger partial charge on any atom is 0.258 e. The normalized spacial score (nSPS) is 10.4. The van der Waals surface area contributed by atoms with E-state index in [1.165, 1.54) is 0 Å². The molecule has 3 aromatic carbocycles. The molecule has 29 heavy (non-hydrogen) atoms. The number of rotatable bonds is 8. The van der Waals surface area contributed by atoms with Crippen LogP contribution in [0.15, 0.2) is 65.1 Å². The molecule has 0 aliphatic rings. The second-order valence-electron chi connectivity index (χ2n) is 6.28. The van der Waals surface area contributed by atoms with Crippen molar-refractivity contribution in [2.24, 2.45) is 0 Å². The lowest BCUT2D eigenvalue weighted by Gasteiger charge is -2.09. The Kier molecular flexibility index (Phi) is 7.08. The largest absolute Gasteiger partial charge is 0.497 e. The summed E-state index contributed by atoms with van der Waals surface area (Å²) in [5, 5.41) is 7.59. The lowest BCUT2D eigenvalue weighted by atomic mass is 10.1. The van der Waals surface area contributed by atoms with Crippen LogP contribution >= 0.6 is 15.9 Å². The summed E-state index contributed by atoms with van der Waals surface area (Å²) in [6.07, 6.45) is 0. The standard InChI is InChI=1S/C22H21BrN2O4/c1-28-19-7-3-15(4-8-19)22(27)25-11-10-24-21(26)14-29-20-9-5-16-12-18(23)6-2-17(16)13-20/h2-9,12-13H,10-11,14H2,1H3,(H,24,26)(H,25,27). The van der Waals surface area contributed by atoms with E-state index in [2.05, 4.69) is 26.6 Å². The SMILES string of the molecule is COc1ccc(C(=O)NCCNC(=O)COc2ccc3cc(Br)ccc3c2)cc1. The van der Waals surface area contributed by atoms with E-state index < -0.39 is 0 Å². The van der Waals surface area contributed by atoms with Crippen molar-refractivity contribution in [1.29, 1.82) is 0 Å². The Hall–Kier alpha value is -3.06. The number of amides is 2. The van der Waals surface area contributed by atoms with E-state index in [9.17, 15) is 9.59 Å². The molecule has 0 unspecified atom stereocenters. The van der Waals surface area contributed by atoms with E-state index in [0.29, 0.717) is 30.2 Å². The molecule has 0 atom stereocenters. The van der Waals surface area contributed by atoms with Gasteiger partial charge in [0.1, 0.15) is 11.5 Å². The summed E-state index contributed by atoms with van der Waals surface area (Å²) < 4.78 is 11.6. The Labute approximate surface area is 177 Å². The van der Waals surface area contributed by atoms with Crippen LogP contribution in [0, 0.1) is 0 Å². The number of carbonyl (C=O) groups excluding carboxylic acids is 2. The Morgan fingerprint density at radius 3 is 2.28 bits per heavy atom. The molecule has 2 N–H and O–H groups in total. The third-order valence-electron chi connectivity index (χ3n) is 4.23. The molecule has 2 amide bonds. The highest BCUT2D eigenvalue weighted by Gasteiger charge is 2.06. The summed E-state index contributed by atoms with van der Waals surface area (Å²) in [5.74, 6) is 0.858. The van der Waals surface area contributed by atoms with E-state index in [1.54, 1.807) is 31.4 Å². The summed E-state index contributed by atoms with van der Waals surface area (Å²) >= 11 is 3.44. The van der Waals surface area contributed by atoms with Crippen molar-refractivity contribution < 1.29 is 19.1 Å². The van der Waals surface area contributed by atoms with Gasteiger partial charge >= 0.3 is 0 Å². The van der Waals surface area contributed by atoms with Gasteiger partial charge in [0.2, 0.25) is 0 Å². The second kappa shape index (κ2) is 9.93. The van der Waals surface area contributed by atoms with Crippen molar-refractivity contribution in [1.82, 2.24) is 10.6 Å². The van der Waals surface area contributed by atoms with Gasteiger partial charge in [-0.3, -0.25) is 9.59 Å². The third kappa shape index (κ3) is 5.96. The van der Waals surface area contributed by atoms with Gasteiger partial charge in [-0.2, -0.15) is 0 Å². The van der Waals surface area contributed by atoms with Crippen molar-refractivity contribution in [3.63, 3.8) is 0 Å². The van der Waals surface area contributed by atoms with E-state index in [0.717, 1.165) is 15.2 Å². The number of benzene rings is 3. The molecule has 7 heteroatoms. The second-order valence-corrected chi connectivity index (χ2v) is 7.19. The van der Waals surface area contributed by atoms with Gasteiger partial charge in [0.15, 0.2) is 6.61 Å². The summed E-state index contributed by atoms with van der Waals surface area (Å²) in [6.45, 7) is 0.547. The zero-order valence-electron chi connectivity index (χ0n) is 15.9. The minimum absolute atomic E-state index is 0.0888. The number of carbonyl (C=O) groups is 2. The van der Waals surface area contributed by atoms with E-state index in [1.807, 2.05) is 36.4 Å². The van der Waals surface area contributed by atoms with Crippen molar-refractivity contribution in [2.75, 3.05) is 26.8 Å². The van der Waals surface area contributed by atoms with Crippen LogP contribution in [-0.4, -0.2) is 38.6 Å². The lowest BCUT2D eigenvalue weighted by Crippen LogP contribution is -2.36. The van der Waals surface area contributed by atoms with Gasteiger partial charge in [0.05, 0.1) is 7.11 Å². The van der Waals surface area contributed by atoms with Crippen LogP contribution in [0.3, 0.4) is 0 Å². The smallest absolute Gasteiger partial charge is 0.258 e. The Balaban J connectivity index is 1.38. The molecule has 0 aromatic heterocycles. The summed E-state index contributed by atoms with van der Waals surface area (Å²) in [4.78, 5) is 24.0. The van der Waals surface area contributed by atoms with Crippen LogP contribution in [0.4, 0.5) is 0 Å². The number of halogens is 1. The molecule has 0 aliphatic carbocycles. The summed E-state index contributed by atoms with van der Waals surface area (Å²) in [5.41, 5.74) is 0.531. The molecule has 0 fully saturated rings. The van der Waals surface area contributed by atoms with Gasteiger partial charge in [0, 0.05) is 23.1 Å². The van der Waals surface area contributed by atoms with Crippen LogP contribution in [0.1, 0.15) is 10.4 Å². The predicted molar refractivity (Wildman–Crippen MR) is 115 cm³/mol. The first-order valence-electron chi connectivity index (χ1n) is 9.06. The fraction of sp³-hybridized carbons (Fsp3) is 0.182. The Bertz CT molecular complexity index is 1010. The van der Waals surface area contributed by atoms with Gasteiger partial charge in [-0.15, -0.1) is 0 Å². The number of fused-ring (bicyclic) bond motifs is 1. The minimum Gasteiger partial charge on any atom is -0.497 e. The van der Waals surface area contributed by atoms with Crippen LogP contribution in [0.2, 0.25) is 0 Å². The van der Waals surface area contributed by atoms with Gasteiger partial charge in [-0.05, 0) is 59.3 Å². The van der Waals surface area contributed by atoms with Gasteiger partial charge in [-0.1, -0.05) is 28.1 Å². The summed E-state index contributed by atoms with van der Waals surface area (Å²) in [6, 6.07) is 18.4. The molecule has 0 saturated heterocycles. The molecule has 0 aliphatic heterocycles. The lowest BCUT2D eigenvalue weighted by molar-refractivity contribution is -0.123. The quantitative estimate of drug-likeness (QED) is 0.508. The predicted octanol–water partition coefficient (Wildman–Crippen LogP) is 3.54. The number of methoxy groups -OCH3 is 1. The van der Waals surface area contributed by atoms with Crippen LogP contribution < -0.4 is 20.1 Å². The Morgan fingerprint density at radius 1 is 0.862 bits per heavy atom. The molecular weight excluding hydrogens is 436 g/mol. The fourth-order valence-corrected chi connectivity index (χ4v) is 3.09. The van der Waals surface area contributed by atoms with Crippen LogP contribution in [0.25, 0.3) is 10.8 Å². The highest BCUT2D eigenvalue weighted by atomic mass is 79.9. The molecule has 6 nitrogen and oxygen atoms in total. The van der Waals surface area contributed by atoms with Crippen LogP contribution in [0.5, 0.6) is 11.5 Å². The molecule has 0 radical (unpaired) electrons. The van der Waals surface area contributed by atoms with Gasteiger partial charge in [-0.25, -0.2) is 0 Å². The van der Waals surface area contributed by atoms with Crippen molar-refractivity contribution in [3.8, 4) is 11.5 Å². The average Bonchev–Trinajstić information content (AvgIpc) is 2.75. The minimum atomic E-state index is -0.250. The number of ether oxygens (including phenoxy) is 2. The fourth-order valence-electron chi connectivity index (χ4n) is 2.71. The first-order chi connectivity index (χ1) is 14.0. The van der Waals surface area contributed by atoms with Crippen molar-refractivity contribution in [2.45, 2.75) is 0 Å². The maximum atomic E-state index is 12.0. The first kappa shape index (κ1) is 20.7. The van der Waals surface area contributed by atoms with Gasteiger partial charge < -0.3 is 20.1 Å². The van der Waals surface area contributed by atoms with E-state index >= 15 is 0 Å². The maximum absolute atomic E-state index is 12.0. The number of hydrogen-bond donors (Lipinski definition) is 2. The number of hydrogen-bond acceptors (Lipinski definition) is 4. The molecular formula is C22H21BrN2O4. The van der Waals surface area contributed by atoms with Crippen LogP contribution in [-0.2, 0) is 4.79 Å². The molecule has 3 aromatic rings. The first-order valence-corrected chi connectivity index (χ1v) is 9.85. The van der Waals surface area contributed by atoms with Crippen molar-refractivity contribution in [3.05, 3.63) is 70.7 Å². The zero-order valence-corrected chi connectivity index (χ0v) is 17.5. The van der Waals surface area contributed by atoms with E-state index in [-0.39, 0.29) is 18.4 Å². The molecule has 0 heterocycles. The molecule has 150 valence electrons. The monoisotopic (exact) mass is 456 g/mol. The zero-order chi connectivity index (χ0) is 20.6. The highest BCUT2D eigenvalue weighted by molar-refractivity contribution is 9.10. The number of nitrogens with one attached hydrogen (secondary N) is 2. The molecule has 0 saturated carbocycles. The topological polar surface area (TPSA) is 76.7 Å². The van der Waals surface area contributed by atoms with Crippen molar-refractivity contribution >= 4 is 38.5 Å². The van der Waals surface area contributed by atoms with Gasteiger partial charge in [0.25, 0.3) is 11.8 Å². The molecule has 0 spiro atoms. The average molecular weight is 457 g/mol.